The van der Waals surface area contributed by atoms with E-state index in [1.165, 1.54) is 18.7 Å². The average molecular weight is 408 g/mol. The SMILES string of the molecule is CCNCc1ccccc1NC(=O)C(C)Sc1ccc(NC(C)=O)cc1.Cl. The maximum atomic E-state index is 12.5. The van der Waals surface area contributed by atoms with E-state index in [4.69, 9.17) is 0 Å². The van der Waals surface area contributed by atoms with Gasteiger partial charge in [-0.05, 0) is 49.4 Å². The fourth-order valence-electron chi connectivity index (χ4n) is 2.37. The van der Waals surface area contributed by atoms with E-state index in [-0.39, 0.29) is 29.5 Å². The Kier molecular flexibility index (Phi) is 9.93. The molecule has 0 saturated carbocycles. The van der Waals surface area contributed by atoms with Gasteiger partial charge in [0.1, 0.15) is 0 Å². The van der Waals surface area contributed by atoms with Crippen LogP contribution < -0.4 is 16.0 Å². The molecule has 1 atom stereocenters. The van der Waals surface area contributed by atoms with Gasteiger partial charge in [-0.25, -0.2) is 0 Å². The number of hydrogen-bond acceptors (Lipinski definition) is 4. The molecule has 27 heavy (non-hydrogen) atoms. The van der Waals surface area contributed by atoms with Crippen LogP contribution in [0.4, 0.5) is 11.4 Å². The minimum absolute atomic E-state index is 0. The van der Waals surface area contributed by atoms with E-state index in [1.54, 1.807) is 0 Å². The second-order valence-corrected chi connectivity index (χ2v) is 7.31. The second kappa shape index (κ2) is 11.6. The van der Waals surface area contributed by atoms with Crippen molar-refractivity contribution in [3.05, 3.63) is 54.1 Å². The summed E-state index contributed by atoms with van der Waals surface area (Å²) in [7, 11) is 0. The summed E-state index contributed by atoms with van der Waals surface area (Å²) < 4.78 is 0. The molecule has 0 bridgehead atoms. The smallest absolute Gasteiger partial charge is 0.237 e. The summed E-state index contributed by atoms with van der Waals surface area (Å²) in [5.41, 5.74) is 2.66. The van der Waals surface area contributed by atoms with E-state index in [0.717, 1.165) is 34.9 Å². The molecule has 0 aliphatic carbocycles. The number of para-hydroxylation sites is 1. The Morgan fingerprint density at radius 1 is 1.04 bits per heavy atom. The van der Waals surface area contributed by atoms with Crippen LogP contribution >= 0.6 is 24.2 Å². The van der Waals surface area contributed by atoms with Gasteiger partial charge in [-0.2, -0.15) is 0 Å². The lowest BCUT2D eigenvalue weighted by Gasteiger charge is -2.15. The van der Waals surface area contributed by atoms with Crippen LogP contribution in [-0.4, -0.2) is 23.6 Å². The predicted octanol–water partition coefficient (Wildman–Crippen LogP) is 4.30. The van der Waals surface area contributed by atoms with E-state index in [2.05, 4.69) is 22.9 Å². The van der Waals surface area contributed by atoms with Crippen molar-refractivity contribution in [2.75, 3.05) is 17.2 Å². The van der Waals surface area contributed by atoms with E-state index in [0.29, 0.717) is 0 Å². The lowest BCUT2D eigenvalue weighted by Crippen LogP contribution is -2.24. The first-order valence-corrected chi connectivity index (χ1v) is 9.51. The van der Waals surface area contributed by atoms with Gasteiger partial charge >= 0.3 is 0 Å². The molecule has 146 valence electrons. The van der Waals surface area contributed by atoms with Crippen LogP contribution in [0.3, 0.4) is 0 Å². The molecule has 0 fully saturated rings. The van der Waals surface area contributed by atoms with Crippen LogP contribution in [-0.2, 0) is 16.1 Å². The van der Waals surface area contributed by atoms with E-state index in [1.807, 2.05) is 55.5 Å². The topological polar surface area (TPSA) is 70.2 Å². The summed E-state index contributed by atoms with van der Waals surface area (Å²) in [6, 6.07) is 15.3. The van der Waals surface area contributed by atoms with Gasteiger partial charge in [-0.1, -0.05) is 25.1 Å². The lowest BCUT2D eigenvalue weighted by atomic mass is 10.1. The third-order valence-electron chi connectivity index (χ3n) is 3.70. The highest BCUT2D eigenvalue weighted by Crippen LogP contribution is 2.26. The molecular formula is C20H26ClN3O2S. The molecule has 2 rings (SSSR count). The maximum Gasteiger partial charge on any atom is 0.237 e. The number of hydrogen-bond donors (Lipinski definition) is 3. The van der Waals surface area contributed by atoms with Crippen LogP contribution in [0.5, 0.6) is 0 Å². The van der Waals surface area contributed by atoms with Crippen molar-refractivity contribution in [1.29, 1.82) is 0 Å². The van der Waals surface area contributed by atoms with Crippen LogP contribution in [0.25, 0.3) is 0 Å². The van der Waals surface area contributed by atoms with E-state index in [9.17, 15) is 9.59 Å². The minimum Gasteiger partial charge on any atom is -0.326 e. The largest absolute Gasteiger partial charge is 0.326 e. The van der Waals surface area contributed by atoms with Gasteiger partial charge in [0.2, 0.25) is 11.8 Å². The summed E-state index contributed by atoms with van der Waals surface area (Å²) >= 11 is 1.48. The molecular weight excluding hydrogens is 382 g/mol. The van der Waals surface area contributed by atoms with Crippen LogP contribution in [0.2, 0.25) is 0 Å². The Morgan fingerprint density at radius 3 is 2.33 bits per heavy atom. The van der Waals surface area contributed by atoms with Gasteiger partial charge in [-0.3, -0.25) is 9.59 Å². The predicted molar refractivity (Wildman–Crippen MR) is 116 cm³/mol. The van der Waals surface area contributed by atoms with Gasteiger partial charge in [0, 0.05) is 29.7 Å². The molecule has 3 N–H and O–H groups in total. The summed E-state index contributed by atoms with van der Waals surface area (Å²) in [4.78, 5) is 24.6. The van der Waals surface area contributed by atoms with Crippen LogP contribution in [0.15, 0.2) is 53.4 Å². The molecule has 1 unspecified atom stereocenters. The number of halogens is 1. The molecule has 2 aromatic carbocycles. The summed E-state index contributed by atoms with van der Waals surface area (Å²) in [5.74, 6) is -0.140. The second-order valence-electron chi connectivity index (χ2n) is 5.89. The quantitative estimate of drug-likeness (QED) is 0.571. The van der Waals surface area contributed by atoms with Gasteiger partial charge in [0.05, 0.1) is 5.25 Å². The number of carbonyl (C=O) groups excluding carboxylic acids is 2. The Morgan fingerprint density at radius 2 is 1.70 bits per heavy atom. The number of amides is 2. The van der Waals surface area contributed by atoms with Crippen molar-refractivity contribution in [3.63, 3.8) is 0 Å². The Labute approximate surface area is 171 Å². The van der Waals surface area contributed by atoms with Gasteiger partial charge in [-0.15, -0.1) is 24.2 Å². The van der Waals surface area contributed by atoms with Crippen LogP contribution in [0, 0.1) is 0 Å². The molecule has 2 aromatic rings. The zero-order valence-corrected chi connectivity index (χ0v) is 17.4. The Hall–Kier alpha value is -2.02. The first-order valence-electron chi connectivity index (χ1n) is 8.63. The van der Waals surface area contributed by atoms with Crippen molar-refractivity contribution < 1.29 is 9.59 Å². The molecule has 0 aliphatic heterocycles. The van der Waals surface area contributed by atoms with Crippen molar-refractivity contribution in [1.82, 2.24) is 5.32 Å². The first kappa shape index (κ1) is 23.0. The maximum absolute atomic E-state index is 12.5. The molecule has 5 nitrogen and oxygen atoms in total. The van der Waals surface area contributed by atoms with Crippen molar-refractivity contribution in [2.45, 2.75) is 37.5 Å². The molecule has 2 amide bonds. The highest BCUT2D eigenvalue weighted by Gasteiger charge is 2.16. The van der Waals surface area contributed by atoms with Gasteiger partial charge in [0.25, 0.3) is 0 Å². The Bertz CT molecular complexity index is 753. The summed E-state index contributed by atoms with van der Waals surface area (Å²) in [5, 5.41) is 8.79. The van der Waals surface area contributed by atoms with E-state index < -0.39 is 0 Å². The molecule has 0 heterocycles. The molecule has 0 radical (unpaired) electrons. The zero-order valence-electron chi connectivity index (χ0n) is 15.7. The number of benzene rings is 2. The number of anilines is 2. The van der Waals surface area contributed by atoms with E-state index >= 15 is 0 Å². The van der Waals surface area contributed by atoms with Gasteiger partial charge < -0.3 is 16.0 Å². The highest BCUT2D eigenvalue weighted by molar-refractivity contribution is 8.00. The van der Waals surface area contributed by atoms with Crippen molar-refractivity contribution in [2.24, 2.45) is 0 Å². The first-order chi connectivity index (χ1) is 12.5. The Balaban J connectivity index is 0.00000364. The third kappa shape index (κ3) is 7.62. The molecule has 0 aliphatic rings. The molecule has 7 heteroatoms. The lowest BCUT2D eigenvalue weighted by molar-refractivity contribution is -0.115. The standard InChI is InChI=1S/C20H25N3O2S.ClH/c1-4-21-13-16-7-5-6-8-19(16)23-20(25)14(2)26-18-11-9-17(10-12-18)22-15(3)24;/h5-12,14,21H,4,13H2,1-3H3,(H,22,24)(H,23,25);1H. The van der Waals surface area contributed by atoms with Crippen molar-refractivity contribution >= 4 is 47.4 Å². The molecule has 0 aromatic heterocycles. The summed E-state index contributed by atoms with van der Waals surface area (Å²) in [6.07, 6.45) is 0. The zero-order chi connectivity index (χ0) is 18.9. The molecule has 0 spiro atoms. The number of thioether (sulfide) groups is 1. The number of nitrogens with one attached hydrogen (secondary N) is 3. The third-order valence-corrected chi connectivity index (χ3v) is 4.81. The minimum atomic E-state index is -0.242. The fraction of sp³-hybridized carbons (Fsp3) is 0.300. The van der Waals surface area contributed by atoms with Crippen molar-refractivity contribution in [3.8, 4) is 0 Å². The highest BCUT2D eigenvalue weighted by atomic mass is 35.5. The normalized spacial score (nSPS) is 11.2. The molecule has 0 saturated heterocycles. The number of rotatable bonds is 8. The summed E-state index contributed by atoms with van der Waals surface area (Å²) in [6.45, 7) is 7.01. The fourth-order valence-corrected chi connectivity index (χ4v) is 3.24. The van der Waals surface area contributed by atoms with Gasteiger partial charge in [0.15, 0.2) is 0 Å². The average Bonchev–Trinajstić information content (AvgIpc) is 2.62. The number of carbonyl (C=O) groups is 2. The van der Waals surface area contributed by atoms with Crippen LogP contribution in [0.1, 0.15) is 26.3 Å². The monoisotopic (exact) mass is 407 g/mol.